The smallest absolute Gasteiger partial charge is 0.309 e. The van der Waals surface area contributed by atoms with Crippen molar-refractivity contribution in [1.82, 2.24) is 0 Å². The van der Waals surface area contributed by atoms with Crippen LogP contribution in [0.3, 0.4) is 0 Å². The molecule has 2 heteroatoms. The van der Waals surface area contributed by atoms with Crippen LogP contribution in [-0.4, -0.2) is 11.1 Å². The van der Waals surface area contributed by atoms with E-state index >= 15 is 0 Å². The van der Waals surface area contributed by atoms with Gasteiger partial charge in [0.05, 0.1) is 5.41 Å². The van der Waals surface area contributed by atoms with Crippen molar-refractivity contribution in [1.29, 1.82) is 0 Å². The first kappa shape index (κ1) is 8.57. The molecule has 1 aliphatic rings. The van der Waals surface area contributed by atoms with Crippen molar-refractivity contribution >= 4 is 5.97 Å². The van der Waals surface area contributed by atoms with Gasteiger partial charge in [0.15, 0.2) is 0 Å². The van der Waals surface area contributed by atoms with Crippen molar-refractivity contribution < 1.29 is 9.90 Å². The van der Waals surface area contributed by atoms with Crippen LogP contribution in [0.1, 0.15) is 40.0 Å². The Balaban J connectivity index is 2.76. The van der Waals surface area contributed by atoms with Gasteiger partial charge in [-0.1, -0.05) is 13.8 Å². The maximum atomic E-state index is 10.8. The van der Waals surface area contributed by atoms with Crippen LogP contribution in [0.5, 0.6) is 0 Å². The molecule has 1 N–H and O–H groups in total. The van der Waals surface area contributed by atoms with Gasteiger partial charge >= 0.3 is 5.97 Å². The summed E-state index contributed by atoms with van der Waals surface area (Å²) in [5.41, 5.74) is -0.310. The maximum Gasteiger partial charge on any atom is 0.309 e. The summed E-state index contributed by atoms with van der Waals surface area (Å²) in [6.45, 7) is 6.03. The normalized spacial score (nSPS) is 33.4. The number of carboxylic acid groups (broad SMARTS) is 1. The molecule has 0 aromatic carbocycles. The van der Waals surface area contributed by atoms with Gasteiger partial charge in [0.25, 0.3) is 0 Å². The van der Waals surface area contributed by atoms with Gasteiger partial charge in [-0.25, -0.2) is 0 Å². The van der Waals surface area contributed by atoms with Crippen molar-refractivity contribution in [2.45, 2.75) is 40.0 Å². The van der Waals surface area contributed by atoms with Crippen molar-refractivity contribution in [2.75, 3.05) is 0 Å². The molecule has 0 bridgehead atoms. The average Bonchev–Trinajstić information content (AvgIpc) is 2.59. The third-order valence-electron chi connectivity index (χ3n) is 3.56. The van der Waals surface area contributed by atoms with E-state index in [9.17, 15) is 4.79 Å². The van der Waals surface area contributed by atoms with Crippen molar-refractivity contribution in [3.63, 3.8) is 0 Å². The zero-order valence-electron chi connectivity index (χ0n) is 7.48. The number of rotatable bonds is 3. The number of hydrogen-bond acceptors (Lipinski definition) is 1. The molecule has 0 radical (unpaired) electrons. The van der Waals surface area contributed by atoms with Gasteiger partial charge < -0.3 is 5.11 Å². The highest BCUT2D eigenvalue weighted by Gasteiger charge is 2.66. The molecule has 0 aliphatic heterocycles. The first-order valence-corrected chi connectivity index (χ1v) is 4.26. The fraction of sp³-hybridized carbons (Fsp3) is 0.889. The van der Waals surface area contributed by atoms with E-state index in [-0.39, 0.29) is 5.41 Å². The lowest BCUT2D eigenvalue weighted by molar-refractivity contribution is -0.144. The Morgan fingerprint density at radius 3 is 2.00 bits per heavy atom. The Labute approximate surface area is 67.6 Å². The number of hydrogen-bond donors (Lipinski definition) is 1. The molecule has 2 nitrogen and oxygen atoms in total. The molecular weight excluding hydrogens is 140 g/mol. The molecule has 0 saturated heterocycles. The SMILES string of the molecule is CCC1(CC)CC1(C)C(=O)O. The second-order valence-corrected chi connectivity index (χ2v) is 3.80. The van der Waals surface area contributed by atoms with Crippen LogP contribution in [0, 0.1) is 10.8 Å². The second-order valence-electron chi connectivity index (χ2n) is 3.80. The van der Waals surface area contributed by atoms with Crippen LogP contribution >= 0.6 is 0 Å². The largest absolute Gasteiger partial charge is 0.481 e. The first-order chi connectivity index (χ1) is 5.02. The summed E-state index contributed by atoms with van der Waals surface area (Å²) < 4.78 is 0. The van der Waals surface area contributed by atoms with E-state index in [0.717, 1.165) is 19.3 Å². The number of carboxylic acids is 1. The quantitative estimate of drug-likeness (QED) is 0.680. The van der Waals surface area contributed by atoms with Crippen LogP contribution in [-0.2, 0) is 4.79 Å². The molecule has 64 valence electrons. The molecule has 1 unspecified atom stereocenters. The Morgan fingerprint density at radius 1 is 1.45 bits per heavy atom. The first-order valence-electron chi connectivity index (χ1n) is 4.26. The van der Waals surface area contributed by atoms with Crippen LogP contribution in [0.4, 0.5) is 0 Å². The van der Waals surface area contributed by atoms with Gasteiger partial charge in [0, 0.05) is 0 Å². The second kappa shape index (κ2) is 2.23. The van der Waals surface area contributed by atoms with E-state index < -0.39 is 11.4 Å². The van der Waals surface area contributed by atoms with Crippen LogP contribution < -0.4 is 0 Å². The standard InChI is InChI=1S/C9H16O2/c1-4-9(5-2)6-8(9,3)7(10)11/h4-6H2,1-3H3,(H,10,11). The predicted octanol–water partition coefficient (Wildman–Crippen LogP) is 2.29. The summed E-state index contributed by atoms with van der Waals surface area (Å²) >= 11 is 0. The zero-order valence-corrected chi connectivity index (χ0v) is 7.48. The topological polar surface area (TPSA) is 37.3 Å². The predicted molar refractivity (Wildman–Crippen MR) is 43.4 cm³/mol. The summed E-state index contributed by atoms with van der Waals surface area (Å²) in [6, 6.07) is 0. The van der Waals surface area contributed by atoms with Gasteiger partial charge in [-0.05, 0) is 31.6 Å². The van der Waals surface area contributed by atoms with E-state index in [4.69, 9.17) is 5.11 Å². The molecule has 0 amide bonds. The van der Waals surface area contributed by atoms with Gasteiger partial charge in [-0.15, -0.1) is 0 Å². The third-order valence-corrected chi connectivity index (χ3v) is 3.56. The van der Waals surface area contributed by atoms with E-state index in [2.05, 4.69) is 13.8 Å². The van der Waals surface area contributed by atoms with Crippen LogP contribution in [0.2, 0.25) is 0 Å². The Hall–Kier alpha value is -0.530. The molecule has 1 saturated carbocycles. The monoisotopic (exact) mass is 156 g/mol. The lowest BCUT2D eigenvalue weighted by atomic mass is 9.89. The minimum atomic E-state index is -0.624. The fourth-order valence-electron chi connectivity index (χ4n) is 2.22. The highest BCUT2D eigenvalue weighted by Crippen LogP contribution is 2.67. The number of aliphatic carboxylic acids is 1. The van der Waals surface area contributed by atoms with Crippen molar-refractivity contribution in [2.24, 2.45) is 10.8 Å². The third kappa shape index (κ3) is 0.883. The average molecular weight is 156 g/mol. The molecule has 1 rings (SSSR count). The van der Waals surface area contributed by atoms with Gasteiger partial charge in [0.1, 0.15) is 0 Å². The molecule has 0 aromatic rings. The van der Waals surface area contributed by atoms with E-state index in [1.54, 1.807) is 0 Å². The van der Waals surface area contributed by atoms with Crippen molar-refractivity contribution in [3.05, 3.63) is 0 Å². The van der Waals surface area contributed by atoms with E-state index in [1.807, 2.05) is 6.92 Å². The molecular formula is C9H16O2. The Kier molecular flexibility index (Phi) is 1.73. The lowest BCUT2D eigenvalue weighted by Crippen LogP contribution is -2.19. The van der Waals surface area contributed by atoms with Gasteiger partial charge in [-0.2, -0.15) is 0 Å². The highest BCUT2D eigenvalue weighted by molar-refractivity contribution is 5.79. The van der Waals surface area contributed by atoms with Crippen LogP contribution in [0.25, 0.3) is 0 Å². The van der Waals surface area contributed by atoms with Crippen LogP contribution in [0.15, 0.2) is 0 Å². The lowest BCUT2D eigenvalue weighted by Gasteiger charge is -2.15. The molecule has 1 fully saturated rings. The number of carbonyl (C=O) groups is 1. The fourth-order valence-corrected chi connectivity index (χ4v) is 2.22. The molecule has 0 spiro atoms. The summed E-state index contributed by atoms with van der Waals surface area (Å²) in [5.74, 6) is -0.624. The van der Waals surface area contributed by atoms with Gasteiger partial charge in [0.2, 0.25) is 0 Å². The maximum absolute atomic E-state index is 10.8. The minimum absolute atomic E-state index is 0.110. The Bertz CT molecular complexity index is 182. The van der Waals surface area contributed by atoms with E-state index in [1.165, 1.54) is 0 Å². The highest BCUT2D eigenvalue weighted by atomic mass is 16.4. The summed E-state index contributed by atoms with van der Waals surface area (Å²) in [7, 11) is 0. The van der Waals surface area contributed by atoms with Gasteiger partial charge in [-0.3, -0.25) is 4.79 Å². The minimum Gasteiger partial charge on any atom is -0.481 e. The molecule has 0 aromatic heterocycles. The summed E-state index contributed by atoms with van der Waals surface area (Å²) in [5, 5.41) is 8.91. The molecule has 1 aliphatic carbocycles. The molecule has 0 heterocycles. The summed E-state index contributed by atoms with van der Waals surface area (Å²) in [4.78, 5) is 10.8. The Morgan fingerprint density at radius 2 is 1.91 bits per heavy atom. The van der Waals surface area contributed by atoms with E-state index in [0.29, 0.717) is 0 Å². The van der Waals surface area contributed by atoms with Crippen molar-refractivity contribution in [3.8, 4) is 0 Å². The molecule has 1 atom stereocenters. The molecule has 11 heavy (non-hydrogen) atoms. The summed E-state index contributed by atoms with van der Waals surface area (Å²) in [6.07, 6.45) is 2.85. The zero-order chi connectivity index (χ0) is 8.70.